The van der Waals surface area contributed by atoms with E-state index in [-0.39, 0.29) is 17.4 Å². The lowest BCUT2D eigenvalue weighted by atomic mass is 9.96. The molecule has 3 nitrogen and oxygen atoms in total. The minimum Gasteiger partial charge on any atom is -0.393 e. The van der Waals surface area contributed by atoms with Crippen LogP contribution in [0.25, 0.3) is 0 Å². The topological polar surface area (TPSA) is 54.4 Å². The van der Waals surface area contributed by atoms with Crippen molar-refractivity contribution in [2.24, 2.45) is 5.92 Å². The summed E-state index contributed by atoms with van der Waals surface area (Å²) < 4.78 is 22.7. The fourth-order valence-electron chi connectivity index (χ4n) is 2.52. The molecule has 0 spiro atoms. The molecule has 1 aromatic rings. The van der Waals surface area contributed by atoms with Gasteiger partial charge in [0.1, 0.15) is 0 Å². The van der Waals surface area contributed by atoms with E-state index in [1.807, 2.05) is 31.2 Å². The summed E-state index contributed by atoms with van der Waals surface area (Å²) in [4.78, 5) is 0. The van der Waals surface area contributed by atoms with Crippen molar-refractivity contribution in [1.82, 2.24) is 0 Å². The van der Waals surface area contributed by atoms with Gasteiger partial charge < -0.3 is 5.11 Å². The maximum Gasteiger partial charge on any atom is 0.150 e. The predicted molar refractivity (Wildman–Crippen MR) is 72.3 cm³/mol. The summed E-state index contributed by atoms with van der Waals surface area (Å²) in [5, 5.41) is 10.0. The van der Waals surface area contributed by atoms with Crippen LogP contribution in [0, 0.1) is 12.8 Å². The molecule has 1 aliphatic rings. The Balaban J connectivity index is 1.86. The summed E-state index contributed by atoms with van der Waals surface area (Å²) in [5.74, 6) is 0.669. The molecule has 18 heavy (non-hydrogen) atoms. The molecule has 1 aliphatic heterocycles. The normalized spacial score (nSPS) is 24.0. The Morgan fingerprint density at radius 1 is 1.33 bits per heavy atom. The molecule has 1 fully saturated rings. The Morgan fingerprint density at radius 3 is 2.56 bits per heavy atom. The van der Waals surface area contributed by atoms with E-state index in [1.165, 1.54) is 5.56 Å². The van der Waals surface area contributed by atoms with Gasteiger partial charge in [0, 0.05) is 0 Å². The Labute approximate surface area is 109 Å². The first-order valence-electron chi connectivity index (χ1n) is 6.39. The van der Waals surface area contributed by atoms with E-state index in [0.717, 1.165) is 5.56 Å². The summed E-state index contributed by atoms with van der Waals surface area (Å²) in [6.45, 7) is 2.03. The van der Waals surface area contributed by atoms with Gasteiger partial charge in [-0.2, -0.15) is 0 Å². The van der Waals surface area contributed by atoms with E-state index in [2.05, 4.69) is 0 Å². The lowest BCUT2D eigenvalue weighted by Gasteiger charge is -2.14. The first-order valence-corrected chi connectivity index (χ1v) is 8.21. The van der Waals surface area contributed by atoms with Gasteiger partial charge in [-0.05, 0) is 37.7 Å². The molecule has 1 saturated heterocycles. The number of hydrogen-bond donors (Lipinski definition) is 1. The van der Waals surface area contributed by atoms with Crippen LogP contribution in [0.1, 0.15) is 24.0 Å². The minimum absolute atomic E-state index is 0.135. The van der Waals surface area contributed by atoms with Crippen molar-refractivity contribution in [3.8, 4) is 0 Å². The molecule has 0 aromatic heterocycles. The van der Waals surface area contributed by atoms with Gasteiger partial charge >= 0.3 is 0 Å². The smallest absolute Gasteiger partial charge is 0.150 e. The molecule has 2 atom stereocenters. The lowest BCUT2D eigenvalue weighted by molar-refractivity contribution is 0.147. The van der Waals surface area contributed by atoms with Crippen LogP contribution >= 0.6 is 0 Å². The predicted octanol–water partition coefficient (Wildman–Crippen LogP) is 1.72. The zero-order chi connectivity index (χ0) is 13.2. The van der Waals surface area contributed by atoms with Crippen molar-refractivity contribution >= 4 is 9.84 Å². The molecule has 0 radical (unpaired) electrons. The summed E-state index contributed by atoms with van der Waals surface area (Å²) >= 11 is 0. The number of benzene rings is 1. The number of rotatable bonds is 4. The highest BCUT2D eigenvalue weighted by Crippen LogP contribution is 2.24. The molecule has 1 aromatic carbocycles. The molecule has 0 saturated carbocycles. The maximum absolute atomic E-state index is 11.3. The van der Waals surface area contributed by atoms with Crippen LogP contribution in [0.15, 0.2) is 24.3 Å². The third-order valence-corrected chi connectivity index (χ3v) is 5.36. The number of aliphatic hydroxyl groups is 1. The minimum atomic E-state index is -2.83. The highest BCUT2D eigenvalue weighted by molar-refractivity contribution is 7.91. The first-order chi connectivity index (χ1) is 8.44. The van der Waals surface area contributed by atoms with Crippen LogP contribution in [-0.2, 0) is 16.3 Å². The summed E-state index contributed by atoms with van der Waals surface area (Å²) in [6.07, 6.45) is 1.46. The fourth-order valence-corrected chi connectivity index (χ4v) is 4.40. The summed E-state index contributed by atoms with van der Waals surface area (Å²) in [6, 6.07) is 8.10. The van der Waals surface area contributed by atoms with E-state index in [1.54, 1.807) is 0 Å². The van der Waals surface area contributed by atoms with Crippen molar-refractivity contribution in [1.29, 1.82) is 0 Å². The van der Waals surface area contributed by atoms with Crippen molar-refractivity contribution in [3.63, 3.8) is 0 Å². The number of sulfone groups is 1. The second-order valence-electron chi connectivity index (χ2n) is 5.35. The van der Waals surface area contributed by atoms with Crippen molar-refractivity contribution in [2.45, 2.75) is 32.3 Å². The third kappa shape index (κ3) is 3.82. The average molecular weight is 268 g/mol. The zero-order valence-corrected chi connectivity index (χ0v) is 11.5. The van der Waals surface area contributed by atoms with E-state index in [9.17, 15) is 13.5 Å². The van der Waals surface area contributed by atoms with Gasteiger partial charge in [0.2, 0.25) is 0 Å². The Bertz CT molecular complexity index is 490. The van der Waals surface area contributed by atoms with Gasteiger partial charge in [0.25, 0.3) is 0 Å². The SMILES string of the molecule is Cc1ccc(CC(O)CC2CCS(=O)(=O)C2)cc1. The molecule has 2 rings (SSSR count). The van der Waals surface area contributed by atoms with Gasteiger partial charge in [-0.1, -0.05) is 29.8 Å². The highest BCUT2D eigenvalue weighted by Gasteiger charge is 2.29. The van der Waals surface area contributed by atoms with Gasteiger partial charge in [-0.3, -0.25) is 0 Å². The third-order valence-electron chi connectivity index (χ3n) is 3.52. The first kappa shape index (κ1) is 13.6. The van der Waals surface area contributed by atoms with Gasteiger partial charge in [0.15, 0.2) is 9.84 Å². The van der Waals surface area contributed by atoms with Gasteiger partial charge in [-0.25, -0.2) is 8.42 Å². The van der Waals surface area contributed by atoms with Crippen LogP contribution in [0.3, 0.4) is 0 Å². The number of hydrogen-bond acceptors (Lipinski definition) is 3. The molecule has 1 N–H and O–H groups in total. The molecular weight excluding hydrogens is 248 g/mol. The van der Waals surface area contributed by atoms with Gasteiger partial charge in [-0.15, -0.1) is 0 Å². The van der Waals surface area contributed by atoms with Crippen LogP contribution in [0.4, 0.5) is 0 Å². The molecule has 100 valence electrons. The van der Waals surface area contributed by atoms with Gasteiger partial charge in [0.05, 0.1) is 17.6 Å². The van der Waals surface area contributed by atoms with Crippen LogP contribution in [-0.4, -0.2) is 31.1 Å². The second-order valence-corrected chi connectivity index (χ2v) is 7.58. The van der Waals surface area contributed by atoms with E-state index in [4.69, 9.17) is 0 Å². The standard InChI is InChI=1S/C14H20O3S/c1-11-2-4-12(5-3-11)8-14(15)9-13-6-7-18(16,17)10-13/h2-5,13-15H,6-10H2,1H3. The maximum atomic E-state index is 11.3. The van der Waals surface area contributed by atoms with Crippen molar-refractivity contribution in [2.75, 3.05) is 11.5 Å². The molecule has 4 heteroatoms. The van der Waals surface area contributed by atoms with Crippen LogP contribution in [0.2, 0.25) is 0 Å². The molecule has 0 bridgehead atoms. The largest absolute Gasteiger partial charge is 0.393 e. The van der Waals surface area contributed by atoms with Crippen molar-refractivity contribution in [3.05, 3.63) is 35.4 Å². The molecule has 1 heterocycles. The Morgan fingerprint density at radius 2 is 2.00 bits per heavy atom. The zero-order valence-electron chi connectivity index (χ0n) is 10.7. The molecule has 0 amide bonds. The number of aryl methyl sites for hydroxylation is 1. The monoisotopic (exact) mass is 268 g/mol. The summed E-state index contributed by atoms with van der Waals surface area (Å²) in [5.41, 5.74) is 2.31. The molecular formula is C14H20O3S. The van der Waals surface area contributed by atoms with E-state index < -0.39 is 15.9 Å². The number of aliphatic hydroxyl groups excluding tert-OH is 1. The second kappa shape index (κ2) is 5.41. The van der Waals surface area contributed by atoms with E-state index in [0.29, 0.717) is 19.3 Å². The fraction of sp³-hybridized carbons (Fsp3) is 0.571. The molecule has 0 aliphatic carbocycles. The van der Waals surface area contributed by atoms with Crippen molar-refractivity contribution < 1.29 is 13.5 Å². The average Bonchev–Trinajstić information content (AvgIpc) is 2.61. The summed E-state index contributed by atoms with van der Waals surface area (Å²) in [7, 11) is -2.83. The Kier molecular flexibility index (Phi) is 4.07. The Hall–Kier alpha value is -0.870. The van der Waals surface area contributed by atoms with E-state index >= 15 is 0 Å². The lowest BCUT2D eigenvalue weighted by Crippen LogP contribution is -2.17. The molecule has 2 unspecified atom stereocenters. The van der Waals surface area contributed by atoms with Crippen LogP contribution in [0.5, 0.6) is 0 Å². The van der Waals surface area contributed by atoms with Crippen LogP contribution < -0.4 is 0 Å². The highest BCUT2D eigenvalue weighted by atomic mass is 32.2. The quantitative estimate of drug-likeness (QED) is 0.904.